The van der Waals surface area contributed by atoms with Gasteiger partial charge in [-0.2, -0.15) is 5.26 Å². The molecule has 0 aromatic heterocycles. The van der Waals surface area contributed by atoms with Gasteiger partial charge in [0.1, 0.15) is 13.2 Å². The molecular weight excluding hydrogens is 190 g/mol. The van der Waals surface area contributed by atoms with Crippen molar-refractivity contribution < 1.29 is 9.47 Å². The maximum Gasteiger partial charge on any atom is 0.161 e. The van der Waals surface area contributed by atoms with E-state index in [0.29, 0.717) is 19.6 Å². The highest BCUT2D eigenvalue weighted by Gasteiger charge is 2.11. The van der Waals surface area contributed by atoms with Crippen molar-refractivity contribution in [1.29, 1.82) is 5.26 Å². The Morgan fingerprint density at radius 2 is 2.00 bits per heavy atom. The second kappa shape index (κ2) is 4.70. The Labute approximate surface area is 89.2 Å². The normalized spacial score (nSPS) is 13.3. The first-order valence-electron chi connectivity index (χ1n) is 5.15. The zero-order valence-corrected chi connectivity index (χ0v) is 8.53. The van der Waals surface area contributed by atoms with E-state index in [2.05, 4.69) is 6.07 Å². The van der Waals surface area contributed by atoms with Gasteiger partial charge in [0.15, 0.2) is 11.5 Å². The van der Waals surface area contributed by atoms with Crippen LogP contribution in [0.5, 0.6) is 11.5 Å². The zero-order chi connectivity index (χ0) is 10.5. The molecule has 1 aliphatic heterocycles. The van der Waals surface area contributed by atoms with Crippen LogP contribution in [0.3, 0.4) is 0 Å². The van der Waals surface area contributed by atoms with Gasteiger partial charge in [0.2, 0.25) is 0 Å². The van der Waals surface area contributed by atoms with E-state index in [1.165, 1.54) is 5.56 Å². The highest BCUT2D eigenvalue weighted by Crippen LogP contribution is 2.31. The van der Waals surface area contributed by atoms with Gasteiger partial charge >= 0.3 is 0 Å². The van der Waals surface area contributed by atoms with Crippen LogP contribution in [0.25, 0.3) is 0 Å². The lowest BCUT2D eigenvalue weighted by molar-refractivity contribution is 0.171. The maximum atomic E-state index is 8.44. The van der Waals surface area contributed by atoms with Gasteiger partial charge in [-0.05, 0) is 30.5 Å². The van der Waals surface area contributed by atoms with Crippen LogP contribution in [0.1, 0.15) is 18.4 Å². The molecule has 78 valence electrons. The van der Waals surface area contributed by atoms with Crippen LogP contribution in [-0.4, -0.2) is 13.2 Å². The molecule has 0 unspecified atom stereocenters. The molecule has 0 fully saturated rings. The molecule has 1 aliphatic rings. The molecule has 0 bridgehead atoms. The summed E-state index contributed by atoms with van der Waals surface area (Å²) in [5.74, 6) is 1.65. The van der Waals surface area contributed by atoms with Gasteiger partial charge in [0.05, 0.1) is 6.07 Å². The van der Waals surface area contributed by atoms with Crippen molar-refractivity contribution in [3.8, 4) is 17.6 Å². The fourth-order valence-corrected chi connectivity index (χ4v) is 1.61. The number of benzene rings is 1. The first-order valence-corrected chi connectivity index (χ1v) is 5.15. The summed E-state index contributed by atoms with van der Waals surface area (Å²) in [6.07, 6.45) is 2.43. The predicted octanol–water partition coefficient (Wildman–Crippen LogP) is 2.30. The first-order chi connectivity index (χ1) is 7.40. The smallest absolute Gasteiger partial charge is 0.161 e. The lowest BCUT2D eigenvalue weighted by Crippen LogP contribution is -2.15. The third-order valence-corrected chi connectivity index (χ3v) is 2.36. The van der Waals surface area contributed by atoms with E-state index in [0.717, 1.165) is 24.3 Å². The summed E-state index contributed by atoms with van der Waals surface area (Å²) in [5, 5.41) is 8.44. The summed E-state index contributed by atoms with van der Waals surface area (Å²) in [6.45, 7) is 1.25. The van der Waals surface area contributed by atoms with Gasteiger partial charge < -0.3 is 9.47 Å². The molecule has 0 amide bonds. The average molecular weight is 203 g/mol. The number of rotatable bonds is 3. The summed E-state index contributed by atoms with van der Waals surface area (Å²) >= 11 is 0. The molecule has 3 heteroatoms. The van der Waals surface area contributed by atoms with Crippen LogP contribution in [0.2, 0.25) is 0 Å². The van der Waals surface area contributed by atoms with E-state index in [9.17, 15) is 0 Å². The van der Waals surface area contributed by atoms with Crippen LogP contribution in [0.4, 0.5) is 0 Å². The molecular formula is C12H13NO2. The Bertz CT molecular complexity index is 382. The molecule has 3 nitrogen and oxygen atoms in total. The topological polar surface area (TPSA) is 42.2 Å². The molecule has 0 saturated heterocycles. The number of fused-ring (bicyclic) bond motifs is 1. The summed E-state index contributed by atoms with van der Waals surface area (Å²) in [5.41, 5.74) is 1.20. The fourth-order valence-electron chi connectivity index (χ4n) is 1.61. The number of aryl methyl sites for hydroxylation is 1. The standard InChI is InChI=1S/C12H13NO2/c13-6-2-1-3-10-4-5-11-12(9-10)15-8-7-14-11/h4-5,9H,1-3,7-8H2. The molecule has 0 saturated carbocycles. The molecule has 0 atom stereocenters. The SMILES string of the molecule is N#CCCCc1ccc2c(c1)OCCO2. The average Bonchev–Trinajstić information content (AvgIpc) is 2.29. The molecule has 15 heavy (non-hydrogen) atoms. The summed E-state index contributed by atoms with van der Waals surface area (Å²) < 4.78 is 10.9. The molecule has 0 spiro atoms. The van der Waals surface area contributed by atoms with E-state index in [4.69, 9.17) is 14.7 Å². The molecule has 1 aromatic carbocycles. The summed E-state index contributed by atoms with van der Waals surface area (Å²) in [7, 11) is 0. The maximum absolute atomic E-state index is 8.44. The minimum Gasteiger partial charge on any atom is -0.486 e. The Morgan fingerprint density at radius 3 is 2.80 bits per heavy atom. The second-order valence-electron chi connectivity index (χ2n) is 3.49. The fraction of sp³-hybridized carbons (Fsp3) is 0.417. The van der Waals surface area contributed by atoms with E-state index in [1.54, 1.807) is 0 Å². The van der Waals surface area contributed by atoms with Crippen LogP contribution < -0.4 is 9.47 Å². The van der Waals surface area contributed by atoms with Crippen LogP contribution in [0.15, 0.2) is 18.2 Å². The van der Waals surface area contributed by atoms with Crippen molar-refractivity contribution >= 4 is 0 Å². The van der Waals surface area contributed by atoms with E-state index < -0.39 is 0 Å². The molecule has 1 aromatic rings. The van der Waals surface area contributed by atoms with Crippen LogP contribution in [-0.2, 0) is 6.42 Å². The summed E-state index contributed by atoms with van der Waals surface area (Å²) in [4.78, 5) is 0. The van der Waals surface area contributed by atoms with Gasteiger partial charge in [-0.1, -0.05) is 6.07 Å². The van der Waals surface area contributed by atoms with Gasteiger partial charge in [0, 0.05) is 6.42 Å². The van der Waals surface area contributed by atoms with E-state index >= 15 is 0 Å². The first kappa shape index (κ1) is 9.85. The monoisotopic (exact) mass is 203 g/mol. The summed E-state index contributed by atoms with van der Waals surface area (Å²) in [6, 6.07) is 8.12. The Balaban J connectivity index is 2.04. The van der Waals surface area contributed by atoms with Crippen LogP contribution in [0, 0.1) is 11.3 Å². The Morgan fingerprint density at radius 1 is 1.20 bits per heavy atom. The molecule has 0 N–H and O–H groups in total. The molecule has 0 radical (unpaired) electrons. The van der Waals surface area contributed by atoms with Crippen molar-refractivity contribution in [3.05, 3.63) is 23.8 Å². The van der Waals surface area contributed by atoms with Gasteiger partial charge in [0.25, 0.3) is 0 Å². The molecule has 1 heterocycles. The highest BCUT2D eigenvalue weighted by atomic mass is 16.6. The van der Waals surface area contributed by atoms with Crippen molar-refractivity contribution in [2.75, 3.05) is 13.2 Å². The zero-order valence-electron chi connectivity index (χ0n) is 8.53. The molecule has 0 aliphatic carbocycles. The van der Waals surface area contributed by atoms with Gasteiger partial charge in [-0.25, -0.2) is 0 Å². The van der Waals surface area contributed by atoms with Gasteiger partial charge in [-0.3, -0.25) is 0 Å². The quantitative estimate of drug-likeness (QED) is 0.708. The Kier molecular flexibility index (Phi) is 3.08. The minimum absolute atomic E-state index is 0.606. The predicted molar refractivity (Wildman–Crippen MR) is 56.0 cm³/mol. The number of nitriles is 1. The number of hydrogen-bond donors (Lipinski definition) is 0. The number of unbranched alkanes of at least 4 members (excludes halogenated alkanes) is 1. The largest absolute Gasteiger partial charge is 0.486 e. The lowest BCUT2D eigenvalue weighted by Gasteiger charge is -2.18. The van der Waals surface area contributed by atoms with Crippen LogP contribution >= 0.6 is 0 Å². The number of ether oxygens (including phenoxy) is 2. The van der Waals surface area contributed by atoms with Crippen molar-refractivity contribution in [3.63, 3.8) is 0 Å². The number of hydrogen-bond acceptors (Lipinski definition) is 3. The number of nitrogens with zero attached hydrogens (tertiary/aromatic N) is 1. The third kappa shape index (κ3) is 2.41. The third-order valence-electron chi connectivity index (χ3n) is 2.36. The van der Waals surface area contributed by atoms with E-state index in [1.807, 2.05) is 18.2 Å². The van der Waals surface area contributed by atoms with Crippen molar-refractivity contribution in [1.82, 2.24) is 0 Å². The van der Waals surface area contributed by atoms with Gasteiger partial charge in [-0.15, -0.1) is 0 Å². The van der Waals surface area contributed by atoms with E-state index in [-0.39, 0.29) is 0 Å². The highest BCUT2D eigenvalue weighted by molar-refractivity contribution is 5.43. The minimum atomic E-state index is 0.606. The Hall–Kier alpha value is -1.69. The second-order valence-corrected chi connectivity index (χ2v) is 3.49. The molecule has 2 rings (SSSR count). The van der Waals surface area contributed by atoms with Crippen molar-refractivity contribution in [2.45, 2.75) is 19.3 Å². The lowest BCUT2D eigenvalue weighted by atomic mass is 10.1. The van der Waals surface area contributed by atoms with Crippen molar-refractivity contribution in [2.24, 2.45) is 0 Å².